The first-order chi connectivity index (χ1) is 12.7. The van der Waals surface area contributed by atoms with E-state index in [2.05, 4.69) is 17.3 Å². The van der Waals surface area contributed by atoms with Crippen LogP contribution >= 0.6 is 11.3 Å². The lowest BCUT2D eigenvalue weighted by Gasteiger charge is -2.31. The topological polar surface area (TPSA) is 59.2 Å². The van der Waals surface area contributed by atoms with Crippen LogP contribution in [0.5, 0.6) is 0 Å². The number of likely N-dealkylation sites (tertiary alicyclic amines) is 1. The molecular weight excluding hydrogens is 346 g/mol. The minimum atomic E-state index is 0.0621. The second kappa shape index (κ2) is 7.41. The molecule has 26 heavy (non-hydrogen) atoms. The smallest absolute Gasteiger partial charge is 0.253 e. The van der Waals surface area contributed by atoms with Crippen molar-refractivity contribution in [3.63, 3.8) is 0 Å². The van der Waals surface area contributed by atoms with Crippen molar-refractivity contribution in [1.29, 1.82) is 0 Å². The molecule has 3 aromatic rings. The summed E-state index contributed by atoms with van der Waals surface area (Å²) in [6.45, 7) is 3.66. The Morgan fingerprint density at radius 1 is 1.35 bits per heavy atom. The standard InChI is InChI=1S/C20H21N3O2S/c1-2-16-13-26-19(22-16)14-6-9-23(10-7-14)20(24)15-5-8-21-17(12-15)18-4-3-11-25-18/h3-5,8,11-14H,2,6-7,9-10H2,1H3. The van der Waals surface area contributed by atoms with Crippen LogP contribution in [0.3, 0.4) is 0 Å². The van der Waals surface area contributed by atoms with Gasteiger partial charge in [-0.2, -0.15) is 0 Å². The Hall–Kier alpha value is -2.47. The summed E-state index contributed by atoms with van der Waals surface area (Å²) >= 11 is 1.75. The molecule has 4 rings (SSSR count). The molecule has 3 aromatic heterocycles. The minimum absolute atomic E-state index is 0.0621. The van der Waals surface area contributed by atoms with Crippen molar-refractivity contribution in [3.8, 4) is 11.5 Å². The number of hydrogen-bond donors (Lipinski definition) is 0. The third-order valence-corrected chi connectivity index (χ3v) is 5.90. The Balaban J connectivity index is 1.43. The molecule has 134 valence electrons. The van der Waals surface area contributed by atoms with Crippen molar-refractivity contribution in [3.05, 3.63) is 58.4 Å². The molecule has 1 fully saturated rings. The largest absolute Gasteiger partial charge is 0.463 e. The summed E-state index contributed by atoms with van der Waals surface area (Å²) in [5.74, 6) is 1.21. The first-order valence-corrected chi connectivity index (χ1v) is 9.86. The van der Waals surface area contributed by atoms with Gasteiger partial charge in [0.15, 0.2) is 5.76 Å². The number of amides is 1. The van der Waals surface area contributed by atoms with Gasteiger partial charge in [-0.1, -0.05) is 6.92 Å². The van der Waals surface area contributed by atoms with Gasteiger partial charge in [0, 0.05) is 36.1 Å². The molecule has 0 unspecified atom stereocenters. The first kappa shape index (κ1) is 17.0. The molecule has 0 aliphatic carbocycles. The van der Waals surface area contributed by atoms with Crippen molar-refractivity contribution >= 4 is 17.2 Å². The summed E-state index contributed by atoms with van der Waals surface area (Å²) in [5, 5.41) is 3.37. The lowest BCUT2D eigenvalue weighted by molar-refractivity contribution is 0.0713. The number of aromatic nitrogens is 2. The fourth-order valence-electron chi connectivity index (χ4n) is 3.31. The van der Waals surface area contributed by atoms with Gasteiger partial charge in [-0.25, -0.2) is 4.98 Å². The summed E-state index contributed by atoms with van der Waals surface area (Å²) in [4.78, 5) is 23.8. The van der Waals surface area contributed by atoms with Crippen LogP contribution < -0.4 is 0 Å². The molecule has 0 radical (unpaired) electrons. The van der Waals surface area contributed by atoms with E-state index in [1.165, 1.54) is 10.7 Å². The molecule has 1 aliphatic rings. The van der Waals surface area contributed by atoms with Gasteiger partial charge in [0.25, 0.3) is 5.91 Å². The van der Waals surface area contributed by atoms with Crippen molar-refractivity contribution in [1.82, 2.24) is 14.9 Å². The van der Waals surface area contributed by atoms with Crippen LogP contribution in [-0.2, 0) is 6.42 Å². The number of carbonyl (C=O) groups is 1. The zero-order valence-electron chi connectivity index (χ0n) is 14.7. The molecule has 4 heterocycles. The predicted molar refractivity (Wildman–Crippen MR) is 101 cm³/mol. The average Bonchev–Trinajstić information content (AvgIpc) is 3.39. The van der Waals surface area contributed by atoms with E-state index in [1.54, 1.807) is 29.9 Å². The quantitative estimate of drug-likeness (QED) is 0.687. The van der Waals surface area contributed by atoms with Gasteiger partial charge in [0.2, 0.25) is 0 Å². The van der Waals surface area contributed by atoms with Crippen LogP contribution in [0.25, 0.3) is 11.5 Å². The number of nitrogens with zero attached hydrogens (tertiary/aromatic N) is 3. The van der Waals surface area contributed by atoms with Crippen LogP contribution in [0.1, 0.15) is 46.7 Å². The number of thiazole rings is 1. The Morgan fingerprint density at radius 3 is 2.88 bits per heavy atom. The fourth-order valence-corrected chi connectivity index (χ4v) is 4.38. The highest BCUT2D eigenvalue weighted by molar-refractivity contribution is 7.09. The molecule has 6 heteroatoms. The first-order valence-electron chi connectivity index (χ1n) is 8.98. The zero-order valence-corrected chi connectivity index (χ0v) is 15.5. The second-order valence-corrected chi connectivity index (χ2v) is 7.39. The second-order valence-electron chi connectivity index (χ2n) is 6.50. The van der Waals surface area contributed by atoms with Gasteiger partial charge < -0.3 is 9.32 Å². The Labute approximate surface area is 156 Å². The van der Waals surface area contributed by atoms with Crippen LogP contribution in [-0.4, -0.2) is 33.9 Å². The number of piperidine rings is 1. The van der Waals surface area contributed by atoms with Gasteiger partial charge >= 0.3 is 0 Å². The van der Waals surface area contributed by atoms with Crippen LogP contribution in [0.4, 0.5) is 0 Å². The summed E-state index contributed by atoms with van der Waals surface area (Å²) in [6, 6.07) is 7.25. The van der Waals surface area contributed by atoms with Crippen molar-refractivity contribution in [2.45, 2.75) is 32.1 Å². The van der Waals surface area contributed by atoms with Crippen molar-refractivity contribution in [2.75, 3.05) is 13.1 Å². The SMILES string of the molecule is CCc1csc(C2CCN(C(=O)c3ccnc(-c4ccco4)c3)CC2)n1. The minimum Gasteiger partial charge on any atom is -0.463 e. The number of pyridine rings is 1. The molecule has 0 spiro atoms. The van der Waals surface area contributed by atoms with Crippen molar-refractivity contribution in [2.24, 2.45) is 0 Å². The highest BCUT2D eigenvalue weighted by atomic mass is 32.1. The normalized spacial score (nSPS) is 15.3. The number of aryl methyl sites for hydroxylation is 1. The summed E-state index contributed by atoms with van der Waals surface area (Å²) in [7, 11) is 0. The maximum Gasteiger partial charge on any atom is 0.253 e. The van der Waals surface area contributed by atoms with E-state index in [-0.39, 0.29) is 5.91 Å². The van der Waals surface area contributed by atoms with E-state index in [9.17, 15) is 4.79 Å². The van der Waals surface area contributed by atoms with E-state index in [0.717, 1.165) is 32.4 Å². The van der Waals surface area contributed by atoms with Gasteiger partial charge in [0.1, 0.15) is 5.69 Å². The lowest BCUT2D eigenvalue weighted by Crippen LogP contribution is -2.37. The summed E-state index contributed by atoms with van der Waals surface area (Å²) in [6.07, 6.45) is 6.20. The summed E-state index contributed by atoms with van der Waals surface area (Å²) < 4.78 is 5.38. The molecule has 1 saturated heterocycles. The van der Waals surface area contributed by atoms with Crippen LogP contribution in [0, 0.1) is 0 Å². The lowest BCUT2D eigenvalue weighted by atomic mass is 9.97. The molecule has 1 aliphatic heterocycles. The number of furan rings is 1. The number of carbonyl (C=O) groups excluding carboxylic acids is 1. The molecule has 0 aromatic carbocycles. The van der Waals surface area contributed by atoms with Crippen LogP contribution in [0.15, 0.2) is 46.5 Å². The number of rotatable bonds is 4. The predicted octanol–water partition coefficient (Wildman–Crippen LogP) is 4.38. The zero-order chi connectivity index (χ0) is 17.9. The average molecular weight is 367 g/mol. The van der Waals surface area contributed by atoms with E-state index in [1.807, 2.05) is 23.1 Å². The molecule has 0 bridgehead atoms. The molecule has 1 amide bonds. The molecule has 0 atom stereocenters. The van der Waals surface area contributed by atoms with E-state index in [4.69, 9.17) is 9.40 Å². The summed E-state index contributed by atoms with van der Waals surface area (Å²) in [5.41, 5.74) is 2.52. The van der Waals surface area contributed by atoms with E-state index in [0.29, 0.717) is 22.9 Å². The Kier molecular flexibility index (Phi) is 4.84. The highest BCUT2D eigenvalue weighted by Gasteiger charge is 2.26. The Bertz CT molecular complexity index is 880. The number of hydrogen-bond acceptors (Lipinski definition) is 5. The fraction of sp³-hybridized carbons (Fsp3) is 0.350. The Morgan fingerprint density at radius 2 is 2.19 bits per heavy atom. The van der Waals surface area contributed by atoms with Gasteiger partial charge in [-0.05, 0) is 43.5 Å². The van der Waals surface area contributed by atoms with Crippen LogP contribution in [0.2, 0.25) is 0 Å². The molecular formula is C20H21N3O2S. The van der Waals surface area contributed by atoms with Crippen molar-refractivity contribution < 1.29 is 9.21 Å². The van der Waals surface area contributed by atoms with Gasteiger partial charge in [0.05, 0.1) is 17.0 Å². The maximum atomic E-state index is 12.9. The molecule has 0 N–H and O–H groups in total. The van der Waals surface area contributed by atoms with E-state index < -0.39 is 0 Å². The van der Waals surface area contributed by atoms with E-state index >= 15 is 0 Å². The van der Waals surface area contributed by atoms with Gasteiger partial charge in [-0.3, -0.25) is 9.78 Å². The van der Waals surface area contributed by atoms with Gasteiger partial charge in [-0.15, -0.1) is 11.3 Å². The third-order valence-electron chi connectivity index (χ3n) is 4.84. The highest BCUT2D eigenvalue weighted by Crippen LogP contribution is 2.31. The molecule has 0 saturated carbocycles. The third kappa shape index (κ3) is 3.42. The molecule has 5 nitrogen and oxygen atoms in total. The monoisotopic (exact) mass is 367 g/mol. The maximum absolute atomic E-state index is 12.9.